The zero-order valence-electron chi connectivity index (χ0n) is 12.0. The molecule has 1 unspecified atom stereocenters. The van der Waals surface area contributed by atoms with Crippen LogP contribution in [0.25, 0.3) is 0 Å². The number of benzene rings is 1. The fourth-order valence-electron chi connectivity index (χ4n) is 2.06. The molecule has 0 fully saturated rings. The summed E-state index contributed by atoms with van der Waals surface area (Å²) in [5, 5.41) is -0.549. The summed E-state index contributed by atoms with van der Waals surface area (Å²) < 4.78 is 26.0. The molecule has 0 aliphatic rings. The number of sulfone groups is 1. The average Bonchev–Trinajstić information content (AvgIpc) is 2.47. The highest BCUT2D eigenvalue weighted by Gasteiger charge is 2.30. The van der Waals surface area contributed by atoms with Gasteiger partial charge in [-0.25, -0.2) is 8.42 Å². The van der Waals surface area contributed by atoms with Crippen molar-refractivity contribution >= 4 is 38.0 Å². The highest BCUT2D eigenvalue weighted by molar-refractivity contribution is 8.24. The minimum Gasteiger partial charge on any atom is -0.223 e. The van der Waals surface area contributed by atoms with Gasteiger partial charge < -0.3 is 0 Å². The summed E-state index contributed by atoms with van der Waals surface area (Å²) >= 11 is 6.66. The van der Waals surface area contributed by atoms with Gasteiger partial charge in [-0.05, 0) is 24.8 Å². The molecule has 112 valence electrons. The van der Waals surface area contributed by atoms with Crippen molar-refractivity contribution in [1.29, 1.82) is 0 Å². The Bertz CT molecular complexity index is 509. The molecule has 0 saturated carbocycles. The van der Waals surface area contributed by atoms with E-state index in [0.717, 1.165) is 25.7 Å². The Kier molecular flexibility index (Phi) is 7.77. The summed E-state index contributed by atoms with van der Waals surface area (Å²) in [5.41, 5.74) is 0. The predicted molar refractivity (Wildman–Crippen MR) is 92.3 cm³/mol. The van der Waals surface area contributed by atoms with Gasteiger partial charge in [0.1, 0.15) is 5.25 Å². The van der Waals surface area contributed by atoms with Gasteiger partial charge in [0.15, 0.2) is 9.84 Å². The molecule has 0 aliphatic carbocycles. The molecule has 0 radical (unpaired) electrons. The Labute approximate surface area is 132 Å². The molecule has 0 spiro atoms. The number of hydrogen-bond donors (Lipinski definition) is 0. The average molecular weight is 331 g/mol. The van der Waals surface area contributed by atoms with Crippen LogP contribution in [0.2, 0.25) is 0 Å². The van der Waals surface area contributed by atoms with E-state index in [1.54, 1.807) is 24.3 Å². The fraction of sp³-hybridized carbons (Fsp3) is 0.533. The third-order valence-corrected chi connectivity index (χ3v) is 7.15. The van der Waals surface area contributed by atoms with Crippen LogP contribution in [-0.4, -0.2) is 24.1 Å². The molecular formula is C15H22O2S3. The van der Waals surface area contributed by atoms with Crippen molar-refractivity contribution in [2.75, 3.05) is 6.26 Å². The Morgan fingerprint density at radius 2 is 1.85 bits per heavy atom. The number of rotatable bonds is 8. The summed E-state index contributed by atoms with van der Waals surface area (Å²) in [6, 6.07) is 8.63. The summed E-state index contributed by atoms with van der Waals surface area (Å²) in [6.45, 7) is 2.14. The minimum absolute atomic E-state index is 0.372. The van der Waals surface area contributed by atoms with Crippen molar-refractivity contribution in [3.8, 4) is 0 Å². The molecule has 20 heavy (non-hydrogen) atoms. The van der Waals surface area contributed by atoms with Crippen molar-refractivity contribution < 1.29 is 8.42 Å². The molecule has 0 N–H and O–H groups in total. The minimum atomic E-state index is -3.36. The topological polar surface area (TPSA) is 34.1 Å². The maximum absolute atomic E-state index is 12.7. The lowest BCUT2D eigenvalue weighted by molar-refractivity contribution is 0.578. The summed E-state index contributed by atoms with van der Waals surface area (Å²) in [5.74, 6) is 0. The van der Waals surface area contributed by atoms with Gasteiger partial charge in [-0.3, -0.25) is 0 Å². The van der Waals surface area contributed by atoms with E-state index in [9.17, 15) is 8.42 Å². The third-order valence-electron chi connectivity index (χ3n) is 3.23. The second kappa shape index (κ2) is 8.80. The highest BCUT2D eigenvalue weighted by Crippen LogP contribution is 2.25. The third kappa shape index (κ3) is 4.86. The number of hydrogen-bond acceptors (Lipinski definition) is 4. The molecule has 1 atom stereocenters. The summed E-state index contributed by atoms with van der Waals surface area (Å²) in [4.78, 5) is 0.372. The first-order chi connectivity index (χ1) is 9.54. The summed E-state index contributed by atoms with van der Waals surface area (Å²) in [6.07, 6.45) is 6.73. The van der Waals surface area contributed by atoms with Crippen LogP contribution in [0.4, 0.5) is 0 Å². The molecule has 1 aromatic carbocycles. The monoisotopic (exact) mass is 330 g/mol. The van der Waals surface area contributed by atoms with Crippen LogP contribution in [0.15, 0.2) is 35.2 Å². The van der Waals surface area contributed by atoms with Gasteiger partial charge in [-0.15, -0.1) is 11.8 Å². The molecular weight excluding hydrogens is 308 g/mol. The zero-order valence-corrected chi connectivity index (χ0v) is 14.5. The molecule has 2 nitrogen and oxygen atoms in total. The van der Waals surface area contributed by atoms with E-state index in [4.69, 9.17) is 12.2 Å². The lowest BCUT2D eigenvalue weighted by atomic mass is 10.1. The fourth-order valence-corrected chi connectivity index (χ4v) is 5.20. The van der Waals surface area contributed by atoms with Crippen LogP contribution in [0.1, 0.15) is 39.0 Å². The molecule has 0 bridgehead atoms. The van der Waals surface area contributed by atoms with E-state index in [0.29, 0.717) is 15.5 Å². The molecule has 0 amide bonds. The van der Waals surface area contributed by atoms with Gasteiger partial charge >= 0.3 is 0 Å². The number of thioether (sulfide) groups is 1. The standard InChI is InChI=1S/C15H22O2S3/c1-3-4-5-9-12-14(15(18)19-2)20(16,17)13-10-7-6-8-11-13/h6-8,10-11,14H,3-5,9,12H2,1-2H3. The maximum Gasteiger partial charge on any atom is 0.186 e. The van der Waals surface area contributed by atoms with E-state index < -0.39 is 15.1 Å². The van der Waals surface area contributed by atoms with Crippen molar-refractivity contribution in [2.24, 2.45) is 0 Å². The molecule has 5 heteroatoms. The van der Waals surface area contributed by atoms with Crippen LogP contribution >= 0.6 is 24.0 Å². The van der Waals surface area contributed by atoms with Crippen LogP contribution in [0, 0.1) is 0 Å². The second-order valence-corrected chi connectivity index (χ2v) is 8.40. The lowest BCUT2D eigenvalue weighted by Gasteiger charge is -2.17. The SMILES string of the molecule is CCCCCCC(C(=S)SC)S(=O)(=O)c1ccccc1. The first-order valence-electron chi connectivity index (χ1n) is 6.90. The van der Waals surface area contributed by atoms with Crippen molar-refractivity contribution in [1.82, 2.24) is 0 Å². The van der Waals surface area contributed by atoms with E-state index in [-0.39, 0.29) is 0 Å². The van der Waals surface area contributed by atoms with E-state index in [1.807, 2.05) is 12.3 Å². The van der Waals surface area contributed by atoms with Crippen LogP contribution in [-0.2, 0) is 9.84 Å². The van der Waals surface area contributed by atoms with Crippen LogP contribution in [0.5, 0.6) is 0 Å². The van der Waals surface area contributed by atoms with Gasteiger partial charge in [-0.2, -0.15) is 0 Å². The van der Waals surface area contributed by atoms with Crippen LogP contribution < -0.4 is 0 Å². The van der Waals surface area contributed by atoms with Crippen molar-refractivity contribution in [2.45, 2.75) is 49.2 Å². The van der Waals surface area contributed by atoms with Gasteiger partial charge in [0.2, 0.25) is 0 Å². The largest absolute Gasteiger partial charge is 0.223 e. The molecule has 1 aromatic rings. The van der Waals surface area contributed by atoms with E-state index in [1.165, 1.54) is 11.8 Å². The number of unbranched alkanes of at least 4 members (excludes halogenated alkanes) is 3. The Balaban J connectivity index is 2.90. The Morgan fingerprint density at radius 3 is 2.40 bits per heavy atom. The summed E-state index contributed by atoms with van der Waals surface area (Å²) in [7, 11) is -3.36. The van der Waals surface area contributed by atoms with Crippen molar-refractivity contribution in [3.63, 3.8) is 0 Å². The second-order valence-electron chi connectivity index (χ2n) is 4.72. The molecule has 1 rings (SSSR count). The van der Waals surface area contributed by atoms with E-state index in [2.05, 4.69) is 6.92 Å². The highest BCUT2D eigenvalue weighted by atomic mass is 32.2. The Morgan fingerprint density at radius 1 is 1.20 bits per heavy atom. The lowest BCUT2D eigenvalue weighted by Crippen LogP contribution is -2.27. The number of thiocarbonyl (C=S) groups is 1. The van der Waals surface area contributed by atoms with Gasteiger partial charge in [-0.1, -0.05) is 63.0 Å². The van der Waals surface area contributed by atoms with Gasteiger partial charge in [0.05, 0.1) is 9.09 Å². The molecule has 0 aromatic heterocycles. The van der Waals surface area contributed by atoms with E-state index >= 15 is 0 Å². The quantitative estimate of drug-likeness (QED) is 0.519. The molecule has 0 saturated heterocycles. The maximum atomic E-state index is 12.7. The van der Waals surface area contributed by atoms with Gasteiger partial charge in [0, 0.05) is 0 Å². The first-order valence-corrected chi connectivity index (χ1v) is 10.1. The van der Waals surface area contributed by atoms with Gasteiger partial charge in [0.25, 0.3) is 0 Å². The first kappa shape index (κ1) is 17.7. The van der Waals surface area contributed by atoms with Crippen molar-refractivity contribution in [3.05, 3.63) is 30.3 Å². The zero-order chi connectivity index (χ0) is 15.0. The molecule has 0 heterocycles. The smallest absolute Gasteiger partial charge is 0.186 e. The predicted octanol–water partition coefficient (Wildman–Crippen LogP) is 4.49. The normalized spacial score (nSPS) is 13.1. The Hall–Kier alpha value is -0.390. The van der Waals surface area contributed by atoms with Crippen LogP contribution in [0.3, 0.4) is 0 Å². The molecule has 0 aliphatic heterocycles.